The molecule has 1 atom stereocenters. The SMILES string of the molecule is O=C(N[C@@H](Cc1cnc[nH]1)C(=O)NCc1ccoc1)C1CCCCC1. The first-order valence-electron chi connectivity index (χ1n) is 8.79. The molecule has 7 nitrogen and oxygen atoms in total. The lowest BCUT2D eigenvalue weighted by atomic mass is 9.88. The Kier molecular flexibility index (Phi) is 5.87. The maximum Gasteiger partial charge on any atom is 0.243 e. The van der Waals surface area contributed by atoms with E-state index in [1.54, 1.807) is 31.1 Å². The van der Waals surface area contributed by atoms with E-state index >= 15 is 0 Å². The monoisotopic (exact) mass is 344 g/mol. The number of hydrogen-bond acceptors (Lipinski definition) is 4. The van der Waals surface area contributed by atoms with Crippen molar-refractivity contribution in [3.63, 3.8) is 0 Å². The molecule has 25 heavy (non-hydrogen) atoms. The highest BCUT2D eigenvalue weighted by molar-refractivity contribution is 5.88. The van der Waals surface area contributed by atoms with Gasteiger partial charge in [0.2, 0.25) is 11.8 Å². The molecule has 7 heteroatoms. The van der Waals surface area contributed by atoms with E-state index in [9.17, 15) is 9.59 Å². The molecule has 2 aromatic rings. The summed E-state index contributed by atoms with van der Waals surface area (Å²) in [5.41, 5.74) is 1.69. The molecule has 1 aliphatic rings. The molecule has 2 amide bonds. The van der Waals surface area contributed by atoms with Gasteiger partial charge in [0.1, 0.15) is 6.04 Å². The summed E-state index contributed by atoms with van der Waals surface area (Å²) in [6, 6.07) is 1.17. The van der Waals surface area contributed by atoms with Crippen molar-refractivity contribution >= 4 is 11.8 Å². The molecule has 0 radical (unpaired) electrons. The van der Waals surface area contributed by atoms with Gasteiger partial charge in [-0.05, 0) is 18.9 Å². The Bertz CT molecular complexity index is 661. The average molecular weight is 344 g/mol. The predicted molar refractivity (Wildman–Crippen MR) is 91.4 cm³/mol. The van der Waals surface area contributed by atoms with Gasteiger partial charge in [0.05, 0.1) is 18.9 Å². The molecule has 1 saturated carbocycles. The minimum atomic E-state index is -0.623. The predicted octanol–water partition coefficient (Wildman–Crippen LogP) is 1.93. The summed E-state index contributed by atoms with van der Waals surface area (Å²) in [7, 11) is 0. The second-order valence-electron chi connectivity index (χ2n) is 6.53. The van der Waals surface area contributed by atoms with Crippen LogP contribution in [0.2, 0.25) is 0 Å². The first kappa shape index (κ1) is 17.3. The molecule has 2 aromatic heterocycles. The number of rotatable bonds is 7. The number of amides is 2. The Morgan fingerprint density at radius 3 is 2.84 bits per heavy atom. The van der Waals surface area contributed by atoms with Crippen molar-refractivity contribution in [2.75, 3.05) is 0 Å². The number of H-pyrrole nitrogens is 1. The van der Waals surface area contributed by atoms with Gasteiger partial charge in [0, 0.05) is 36.3 Å². The molecule has 2 heterocycles. The van der Waals surface area contributed by atoms with Gasteiger partial charge in [-0.3, -0.25) is 9.59 Å². The lowest BCUT2D eigenvalue weighted by Gasteiger charge is -2.24. The topological polar surface area (TPSA) is 100 Å². The van der Waals surface area contributed by atoms with E-state index in [1.807, 2.05) is 0 Å². The van der Waals surface area contributed by atoms with Crippen LogP contribution in [0.25, 0.3) is 0 Å². The van der Waals surface area contributed by atoms with Crippen molar-refractivity contribution in [3.05, 3.63) is 42.4 Å². The molecule has 3 N–H and O–H groups in total. The molecular weight excluding hydrogens is 320 g/mol. The minimum absolute atomic E-state index is 0.0136. The summed E-state index contributed by atoms with van der Waals surface area (Å²) in [5.74, 6) is -0.220. The Balaban J connectivity index is 1.61. The van der Waals surface area contributed by atoms with Crippen LogP contribution >= 0.6 is 0 Å². The van der Waals surface area contributed by atoms with Crippen LogP contribution in [0.15, 0.2) is 35.5 Å². The second kappa shape index (κ2) is 8.50. The zero-order valence-corrected chi connectivity index (χ0v) is 14.2. The van der Waals surface area contributed by atoms with Crippen LogP contribution in [-0.4, -0.2) is 27.8 Å². The third kappa shape index (κ3) is 4.95. The third-order valence-corrected chi connectivity index (χ3v) is 4.63. The maximum atomic E-state index is 12.6. The lowest BCUT2D eigenvalue weighted by molar-refractivity contribution is -0.131. The van der Waals surface area contributed by atoms with E-state index in [1.165, 1.54) is 6.42 Å². The van der Waals surface area contributed by atoms with E-state index in [-0.39, 0.29) is 17.7 Å². The fourth-order valence-corrected chi connectivity index (χ4v) is 3.19. The molecule has 134 valence electrons. The fraction of sp³-hybridized carbons (Fsp3) is 0.500. The van der Waals surface area contributed by atoms with Gasteiger partial charge in [0.25, 0.3) is 0 Å². The largest absolute Gasteiger partial charge is 0.472 e. The summed E-state index contributed by atoms with van der Waals surface area (Å²) in [6.07, 6.45) is 11.9. The van der Waals surface area contributed by atoms with Crippen molar-refractivity contribution in [1.29, 1.82) is 0 Å². The summed E-state index contributed by atoms with van der Waals surface area (Å²) in [4.78, 5) is 32.1. The van der Waals surface area contributed by atoms with Crippen LogP contribution in [-0.2, 0) is 22.6 Å². The van der Waals surface area contributed by atoms with E-state index in [2.05, 4.69) is 20.6 Å². The molecule has 3 rings (SSSR count). The van der Waals surface area contributed by atoms with Crippen molar-refractivity contribution in [3.8, 4) is 0 Å². The van der Waals surface area contributed by atoms with Crippen molar-refractivity contribution in [2.45, 2.75) is 51.1 Å². The zero-order chi connectivity index (χ0) is 17.5. The highest BCUT2D eigenvalue weighted by atomic mass is 16.3. The number of furan rings is 1. The summed E-state index contributed by atoms with van der Waals surface area (Å²) < 4.78 is 5.00. The molecule has 1 fully saturated rings. The molecule has 0 saturated heterocycles. The molecule has 1 aliphatic carbocycles. The molecule has 0 spiro atoms. The van der Waals surface area contributed by atoms with Crippen LogP contribution in [0.4, 0.5) is 0 Å². The van der Waals surface area contributed by atoms with Gasteiger partial charge in [-0.2, -0.15) is 0 Å². The number of aromatic nitrogens is 2. The van der Waals surface area contributed by atoms with E-state index in [0.29, 0.717) is 13.0 Å². The Hall–Kier alpha value is -2.57. The van der Waals surface area contributed by atoms with Gasteiger partial charge in [-0.1, -0.05) is 19.3 Å². The highest BCUT2D eigenvalue weighted by Crippen LogP contribution is 2.23. The number of hydrogen-bond donors (Lipinski definition) is 3. The van der Waals surface area contributed by atoms with E-state index in [4.69, 9.17) is 4.42 Å². The lowest BCUT2D eigenvalue weighted by Crippen LogP contribution is -2.49. The number of carbonyl (C=O) groups excluding carboxylic acids is 2. The molecule has 0 bridgehead atoms. The smallest absolute Gasteiger partial charge is 0.243 e. The number of nitrogens with one attached hydrogen (secondary N) is 3. The van der Waals surface area contributed by atoms with Gasteiger partial charge in [-0.25, -0.2) is 4.98 Å². The maximum absolute atomic E-state index is 12.6. The fourth-order valence-electron chi connectivity index (χ4n) is 3.19. The molecular formula is C18H24N4O3. The number of nitrogens with zero attached hydrogens (tertiary/aromatic N) is 1. The molecule has 0 aliphatic heterocycles. The first-order valence-corrected chi connectivity index (χ1v) is 8.79. The third-order valence-electron chi connectivity index (χ3n) is 4.63. The standard InChI is InChI=1S/C18H24N4O3/c23-17(14-4-2-1-3-5-14)22-16(8-15-10-19-12-21-15)18(24)20-9-13-6-7-25-11-13/h6-7,10-12,14,16H,1-5,8-9H2,(H,19,21)(H,20,24)(H,22,23)/t16-/m0/s1. The average Bonchev–Trinajstić information content (AvgIpc) is 3.33. The van der Waals surface area contributed by atoms with Crippen molar-refractivity contribution in [2.24, 2.45) is 5.92 Å². The number of imidazole rings is 1. The normalized spacial score (nSPS) is 16.3. The van der Waals surface area contributed by atoms with E-state index in [0.717, 1.165) is 36.9 Å². The Morgan fingerprint density at radius 1 is 1.32 bits per heavy atom. The van der Waals surface area contributed by atoms with Crippen LogP contribution in [0.5, 0.6) is 0 Å². The number of carbonyl (C=O) groups is 2. The summed E-state index contributed by atoms with van der Waals surface area (Å²) >= 11 is 0. The Morgan fingerprint density at radius 2 is 2.16 bits per heavy atom. The molecule has 0 unspecified atom stereocenters. The quantitative estimate of drug-likeness (QED) is 0.714. The van der Waals surface area contributed by atoms with Crippen LogP contribution in [0.3, 0.4) is 0 Å². The van der Waals surface area contributed by atoms with Crippen LogP contribution in [0.1, 0.15) is 43.4 Å². The van der Waals surface area contributed by atoms with E-state index < -0.39 is 6.04 Å². The van der Waals surface area contributed by atoms with Crippen molar-refractivity contribution in [1.82, 2.24) is 20.6 Å². The van der Waals surface area contributed by atoms with Gasteiger partial charge in [0.15, 0.2) is 0 Å². The first-order chi connectivity index (χ1) is 12.2. The van der Waals surface area contributed by atoms with Crippen LogP contribution < -0.4 is 10.6 Å². The van der Waals surface area contributed by atoms with Gasteiger partial charge < -0.3 is 20.0 Å². The van der Waals surface area contributed by atoms with Gasteiger partial charge >= 0.3 is 0 Å². The Labute approximate surface area is 146 Å². The summed E-state index contributed by atoms with van der Waals surface area (Å²) in [6.45, 7) is 0.369. The second-order valence-corrected chi connectivity index (χ2v) is 6.53. The molecule has 0 aromatic carbocycles. The zero-order valence-electron chi connectivity index (χ0n) is 14.2. The highest BCUT2D eigenvalue weighted by Gasteiger charge is 2.27. The summed E-state index contributed by atoms with van der Waals surface area (Å²) in [5, 5.41) is 5.79. The number of aromatic amines is 1. The minimum Gasteiger partial charge on any atom is -0.472 e. The van der Waals surface area contributed by atoms with Crippen molar-refractivity contribution < 1.29 is 14.0 Å². The van der Waals surface area contributed by atoms with Crippen LogP contribution in [0, 0.1) is 5.92 Å². The van der Waals surface area contributed by atoms with Gasteiger partial charge in [-0.15, -0.1) is 0 Å².